The van der Waals surface area contributed by atoms with E-state index in [9.17, 15) is 24.6 Å². The van der Waals surface area contributed by atoms with E-state index in [2.05, 4.69) is 15.9 Å². The summed E-state index contributed by atoms with van der Waals surface area (Å²) in [7, 11) is 0. The van der Waals surface area contributed by atoms with Crippen LogP contribution in [0.4, 0.5) is 0 Å². The van der Waals surface area contributed by atoms with Crippen molar-refractivity contribution in [3.8, 4) is 0 Å². The minimum Gasteiger partial charge on any atom is -0.480 e. The van der Waals surface area contributed by atoms with Crippen LogP contribution in [0.25, 0.3) is 10.9 Å². The number of fused-ring (bicyclic) bond motifs is 5. The van der Waals surface area contributed by atoms with Gasteiger partial charge in [0.25, 0.3) is 5.56 Å². The lowest BCUT2D eigenvalue weighted by Gasteiger charge is -2.44. The number of pyridine rings is 1. The summed E-state index contributed by atoms with van der Waals surface area (Å²) < 4.78 is 4.21. The fourth-order valence-corrected chi connectivity index (χ4v) is 5.77. The Balaban J connectivity index is 1.57. The number of piperidine rings is 1. The van der Waals surface area contributed by atoms with E-state index in [0.717, 1.165) is 22.0 Å². The lowest BCUT2D eigenvalue weighted by atomic mass is 9.82. The summed E-state index contributed by atoms with van der Waals surface area (Å²) in [6, 6.07) is 9.87. The number of carboxylic acids is 2. The monoisotopic (exact) mass is 499 g/mol. The average Bonchev–Trinajstić information content (AvgIpc) is 3.05. The molecule has 3 aromatic rings. The van der Waals surface area contributed by atoms with Crippen LogP contribution in [0.2, 0.25) is 0 Å². The molecule has 9 heteroatoms. The van der Waals surface area contributed by atoms with Gasteiger partial charge in [0.15, 0.2) is 0 Å². The van der Waals surface area contributed by atoms with Crippen LogP contribution in [0, 0.1) is 5.92 Å². The molecular formula is C23H22BrN3O5. The summed E-state index contributed by atoms with van der Waals surface area (Å²) in [6.07, 6.45) is 2.59. The van der Waals surface area contributed by atoms with Gasteiger partial charge in [0.05, 0.1) is 5.52 Å². The normalized spacial score (nSPS) is 21.3. The minimum atomic E-state index is -0.991. The molecule has 1 fully saturated rings. The highest BCUT2D eigenvalue weighted by molar-refractivity contribution is 9.10. The van der Waals surface area contributed by atoms with Crippen LogP contribution in [0.3, 0.4) is 0 Å². The van der Waals surface area contributed by atoms with Gasteiger partial charge in [-0.05, 0) is 30.5 Å². The Hall–Kier alpha value is -2.91. The molecule has 2 aromatic heterocycles. The summed E-state index contributed by atoms with van der Waals surface area (Å²) in [5.74, 6) is -1.69. The summed E-state index contributed by atoms with van der Waals surface area (Å²) in [5.41, 5.74) is 2.21. The zero-order valence-electron chi connectivity index (χ0n) is 17.1. The van der Waals surface area contributed by atoms with E-state index in [1.54, 1.807) is 22.9 Å². The Morgan fingerprint density at radius 3 is 2.69 bits per heavy atom. The number of carbonyl (C=O) groups is 2. The van der Waals surface area contributed by atoms with Gasteiger partial charge >= 0.3 is 11.9 Å². The fourth-order valence-electron chi connectivity index (χ4n) is 5.42. The van der Waals surface area contributed by atoms with Crippen LogP contribution < -0.4 is 5.56 Å². The van der Waals surface area contributed by atoms with Crippen molar-refractivity contribution in [3.05, 3.63) is 68.7 Å². The smallest absolute Gasteiger partial charge is 0.325 e. The first-order valence-corrected chi connectivity index (χ1v) is 11.3. The van der Waals surface area contributed by atoms with Crippen molar-refractivity contribution in [3.63, 3.8) is 0 Å². The van der Waals surface area contributed by atoms with Gasteiger partial charge in [-0.1, -0.05) is 28.1 Å². The molecule has 2 aliphatic rings. The van der Waals surface area contributed by atoms with E-state index in [4.69, 9.17) is 0 Å². The molecule has 0 amide bonds. The summed E-state index contributed by atoms with van der Waals surface area (Å²) in [4.78, 5) is 38.2. The fraction of sp³-hybridized carbons (Fsp3) is 0.348. The zero-order valence-corrected chi connectivity index (χ0v) is 18.7. The molecule has 1 aromatic carbocycles. The van der Waals surface area contributed by atoms with Crippen molar-refractivity contribution < 1.29 is 19.8 Å². The lowest BCUT2D eigenvalue weighted by Crippen LogP contribution is -2.49. The highest BCUT2D eigenvalue weighted by Gasteiger charge is 2.40. The maximum absolute atomic E-state index is 12.5. The highest BCUT2D eigenvalue weighted by atomic mass is 79.9. The Morgan fingerprint density at radius 1 is 1.12 bits per heavy atom. The number of carboxylic acid groups (broad SMARTS) is 2. The number of hydrogen-bond donors (Lipinski definition) is 2. The molecule has 5 rings (SSSR count). The Labute approximate surface area is 191 Å². The van der Waals surface area contributed by atoms with E-state index in [0.29, 0.717) is 30.7 Å². The van der Waals surface area contributed by atoms with Crippen LogP contribution in [0.15, 0.2) is 51.9 Å². The van der Waals surface area contributed by atoms with E-state index in [1.807, 2.05) is 33.7 Å². The van der Waals surface area contributed by atoms with Crippen LogP contribution in [0.1, 0.15) is 29.6 Å². The molecule has 4 heterocycles. The number of aliphatic carboxylic acids is 2. The highest BCUT2D eigenvalue weighted by Crippen LogP contribution is 2.40. The van der Waals surface area contributed by atoms with Crippen molar-refractivity contribution in [2.24, 2.45) is 5.92 Å². The second kappa shape index (κ2) is 7.90. The predicted molar refractivity (Wildman–Crippen MR) is 121 cm³/mol. The topological polar surface area (TPSA) is 105 Å². The van der Waals surface area contributed by atoms with Crippen LogP contribution >= 0.6 is 15.9 Å². The van der Waals surface area contributed by atoms with Crippen molar-refractivity contribution in [2.45, 2.75) is 31.5 Å². The van der Waals surface area contributed by atoms with Gasteiger partial charge < -0.3 is 19.3 Å². The molecule has 3 atom stereocenters. The number of hydrogen-bond acceptors (Lipinski definition) is 4. The first kappa shape index (κ1) is 21.0. The summed E-state index contributed by atoms with van der Waals surface area (Å²) >= 11 is 3.42. The molecule has 1 saturated heterocycles. The minimum absolute atomic E-state index is 0.0113. The first-order chi connectivity index (χ1) is 15.3. The predicted octanol–water partition coefficient (Wildman–Crippen LogP) is 2.90. The van der Waals surface area contributed by atoms with E-state index in [1.165, 1.54) is 0 Å². The van der Waals surface area contributed by atoms with Gasteiger partial charge in [0.2, 0.25) is 0 Å². The lowest BCUT2D eigenvalue weighted by molar-refractivity contribution is -0.144. The maximum Gasteiger partial charge on any atom is 0.325 e. The van der Waals surface area contributed by atoms with E-state index < -0.39 is 18.0 Å². The molecule has 32 heavy (non-hydrogen) atoms. The van der Waals surface area contributed by atoms with Crippen molar-refractivity contribution in [1.29, 1.82) is 0 Å². The Kier molecular flexibility index (Phi) is 5.17. The third-order valence-corrected chi connectivity index (χ3v) is 7.08. The maximum atomic E-state index is 12.5. The second-order valence-electron chi connectivity index (χ2n) is 8.66. The summed E-state index contributed by atoms with van der Waals surface area (Å²) in [6.45, 7) is 1.43. The van der Waals surface area contributed by atoms with Crippen LogP contribution in [0.5, 0.6) is 0 Å². The molecule has 2 N–H and O–H groups in total. The summed E-state index contributed by atoms with van der Waals surface area (Å²) in [5, 5.41) is 20.3. The molecular weight excluding hydrogens is 478 g/mol. The molecule has 0 spiro atoms. The van der Waals surface area contributed by atoms with E-state index >= 15 is 0 Å². The number of halogens is 1. The quantitative estimate of drug-likeness (QED) is 0.559. The van der Waals surface area contributed by atoms with E-state index in [-0.39, 0.29) is 23.9 Å². The molecule has 0 saturated carbocycles. The van der Waals surface area contributed by atoms with Crippen molar-refractivity contribution >= 4 is 38.8 Å². The SMILES string of the molecule is O=C(O)Cn1cc([C@@H](C(=O)O)N2C[C@H]3C[C@H](C2)c2cccc(=O)n2C3)c2ccc(Br)cc21. The van der Waals surface area contributed by atoms with Crippen molar-refractivity contribution in [1.82, 2.24) is 14.0 Å². The first-order valence-electron chi connectivity index (χ1n) is 10.5. The van der Waals surface area contributed by atoms with Gasteiger partial charge in [-0.2, -0.15) is 0 Å². The van der Waals surface area contributed by atoms with Gasteiger partial charge in [0.1, 0.15) is 12.6 Å². The molecule has 8 nitrogen and oxygen atoms in total. The average molecular weight is 500 g/mol. The molecule has 2 bridgehead atoms. The molecule has 0 aliphatic carbocycles. The number of likely N-dealkylation sites (tertiary alicyclic amines) is 1. The number of aromatic nitrogens is 2. The van der Waals surface area contributed by atoms with Crippen molar-refractivity contribution in [2.75, 3.05) is 13.1 Å². The largest absolute Gasteiger partial charge is 0.480 e. The number of benzene rings is 1. The standard InChI is InChI=1S/C23H22BrN3O5/c24-15-4-5-16-17(11-25(12-21(29)30)19(16)7-15)22(23(31)32)26-8-13-6-14(10-26)18-2-1-3-20(28)27(18)9-13/h1-5,7,11,13-14,22H,6,8-10,12H2,(H,29,30)(H,31,32)/t13-,14-,22+/m1/s1. The second-order valence-corrected chi connectivity index (χ2v) is 9.58. The molecule has 0 unspecified atom stereocenters. The van der Waals surface area contributed by atoms with Gasteiger partial charge in [0, 0.05) is 58.9 Å². The molecule has 2 aliphatic heterocycles. The molecule has 0 radical (unpaired) electrons. The third-order valence-electron chi connectivity index (χ3n) is 6.58. The number of rotatable bonds is 5. The van der Waals surface area contributed by atoms with Gasteiger partial charge in [-0.15, -0.1) is 0 Å². The zero-order chi connectivity index (χ0) is 22.6. The van der Waals surface area contributed by atoms with Crippen LogP contribution in [-0.4, -0.2) is 49.3 Å². The molecule has 166 valence electrons. The van der Waals surface area contributed by atoms with Gasteiger partial charge in [-0.3, -0.25) is 19.3 Å². The van der Waals surface area contributed by atoms with Gasteiger partial charge in [-0.25, -0.2) is 0 Å². The Morgan fingerprint density at radius 2 is 1.94 bits per heavy atom. The third kappa shape index (κ3) is 3.55. The van der Waals surface area contributed by atoms with Crippen LogP contribution in [-0.2, 0) is 22.7 Å². The Bertz CT molecular complexity index is 1300. The number of nitrogens with zero attached hydrogens (tertiary/aromatic N) is 3.